The van der Waals surface area contributed by atoms with E-state index in [0.29, 0.717) is 18.0 Å². The molecule has 3 unspecified atom stereocenters. The van der Waals surface area contributed by atoms with Crippen LogP contribution in [0.1, 0.15) is 26.3 Å². The van der Waals surface area contributed by atoms with E-state index in [1.54, 1.807) is 13.8 Å². The van der Waals surface area contributed by atoms with E-state index in [0.717, 1.165) is 12.0 Å². The number of hydrogen-bond acceptors (Lipinski definition) is 6. The molecular formula is C17H25NO5. The number of benzene rings is 1. The molecule has 1 aromatic carbocycles. The first kappa shape index (κ1) is 17.6. The van der Waals surface area contributed by atoms with Crippen LogP contribution in [0.5, 0.6) is 11.5 Å². The summed E-state index contributed by atoms with van der Waals surface area (Å²) >= 11 is 0. The van der Waals surface area contributed by atoms with E-state index >= 15 is 0 Å². The van der Waals surface area contributed by atoms with Crippen molar-refractivity contribution in [2.75, 3.05) is 20.3 Å². The van der Waals surface area contributed by atoms with Crippen LogP contribution in [0.2, 0.25) is 0 Å². The number of nitrogens with one attached hydrogen (secondary N) is 1. The molecule has 1 aliphatic rings. The van der Waals surface area contributed by atoms with Crippen LogP contribution < -0.4 is 14.8 Å². The summed E-state index contributed by atoms with van der Waals surface area (Å²) in [5.74, 6) is 0.715. The van der Waals surface area contributed by atoms with E-state index in [-0.39, 0.29) is 18.8 Å². The molecule has 1 aromatic rings. The zero-order valence-corrected chi connectivity index (χ0v) is 14.1. The van der Waals surface area contributed by atoms with E-state index in [1.807, 2.05) is 18.2 Å². The fourth-order valence-electron chi connectivity index (χ4n) is 2.48. The lowest BCUT2D eigenvalue weighted by molar-refractivity contribution is -0.162. The normalized spacial score (nSPS) is 22.3. The molecule has 6 heteroatoms. The van der Waals surface area contributed by atoms with Crippen LogP contribution in [-0.2, 0) is 16.0 Å². The molecule has 0 fully saturated rings. The predicted octanol–water partition coefficient (Wildman–Crippen LogP) is 1.29. The summed E-state index contributed by atoms with van der Waals surface area (Å²) in [6.45, 7) is 6.14. The summed E-state index contributed by atoms with van der Waals surface area (Å²) in [6, 6.07) is 5.91. The minimum Gasteiger partial charge on any atom is -0.485 e. The molecular weight excluding hydrogens is 298 g/mol. The number of aliphatic hydroxyl groups excluding tert-OH is 1. The van der Waals surface area contributed by atoms with Gasteiger partial charge in [-0.05, 0) is 44.9 Å². The van der Waals surface area contributed by atoms with Crippen LogP contribution in [-0.4, -0.2) is 49.1 Å². The molecule has 0 radical (unpaired) electrons. The third-order valence-electron chi connectivity index (χ3n) is 3.77. The molecule has 1 heterocycles. The van der Waals surface area contributed by atoms with Gasteiger partial charge in [0.1, 0.15) is 6.61 Å². The molecule has 128 valence electrons. The molecule has 6 nitrogen and oxygen atoms in total. The molecule has 2 rings (SSSR count). The molecule has 1 aliphatic heterocycles. The molecule has 0 aromatic heterocycles. The summed E-state index contributed by atoms with van der Waals surface area (Å²) in [7, 11) is 1.33. The summed E-state index contributed by atoms with van der Waals surface area (Å²) < 4.78 is 16.2. The quantitative estimate of drug-likeness (QED) is 0.768. The van der Waals surface area contributed by atoms with E-state index in [4.69, 9.17) is 14.2 Å². The van der Waals surface area contributed by atoms with Crippen LogP contribution in [0, 0.1) is 0 Å². The van der Waals surface area contributed by atoms with Crippen molar-refractivity contribution in [3.63, 3.8) is 0 Å². The maximum absolute atomic E-state index is 11.8. The first-order valence-electron chi connectivity index (χ1n) is 7.78. The Morgan fingerprint density at radius 3 is 2.83 bits per heavy atom. The Balaban J connectivity index is 2.03. The second-order valence-electron chi connectivity index (χ2n) is 6.26. The van der Waals surface area contributed by atoms with Crippen LogP contribution in [0.3, 0.4) is 0 Å². The number of esters is 1. The summed E-state index contributed by atoms with van der Waals surface area (Å²) in [5.41, 5.74) is -0.0188. The molecule has 0 saturated carbocycles. The van der Waals surface area contributed by atoms with Gasteiger partial charge in [0.05, 0.1) is 13.2 Å². The first-order valence-corrected chi connectivity index (χ1v) is 7.78. The van der Waals surface area contributed by atoms with Crippen molar-refractivity contribution >= 4 is 5.97 Å². The van der Waals surface area contributed by atoms with Gasteiger partial charge in [0.15, 0.2) is 11.5 Å². The van der Waals surface area contributed by atoms with E-state index < -0.39 is 11.6 Å². The lowest BCUT2D eigenvalue weighted by Crippen LogP contribution is -2.49. The molecule has 0 spiro atoms. The van der Waals surface area contributed by atoms with Crippen LogP contribution in [0.4, 0.5) is 0 Å². The lowest BCUT2D eigenvalue weighted by atomic mass is 10.0. The lowest BCUT2D eigenvalue weighted by Gasteiger charge is -2.33. The Morgan fingerprint density at radius 1 is 1.43 bits per heavy atom. The first-order chi connectivity index (χ1) is 10.8. The molecule has 0 bridgehead atoms. The maximum Gasteiger partial charge on any atom is 0.353 e. The molecule has 0 aliphatic carbocycles. The van der Waals surface area contributed by atoms with E-state index in [2.05, 4.69) is 12.2 Å². The average Bonchev–Trinajstić information content (AvgIpc) is 2.52. The van der Waals surface area contributed by atoms with Crippen LogP contribution >= 0.6 is 0 Å². The Hall–Kier alpha value is -1.79. The summed E-state index contributed by atoms with van der Waals surface area (Å²) in [6.07, 6.45) is 0.436. The third kappa shape index (κ3) is 4.36. The number of hydrogen-bond donors (Lipinski definition) is 2. The highest BCUT2D eigenvalue weighted by Gasteiger charge is 2.41. The van der Waals surface area contributed by atoms with E-state index in [9.17, 15) is 9.90 Å². The molecule has 23 heavy (non-hydrogen) atoms. The second kappa shape index (κ2) is 7.19. The number of methoxy groups -OCH3 is 1. The summed E-state index contributed by atoms with van der Waals surface area (Å²) in [4.78, 5) is 11.8. The Bertz CT molecular complexity index is 560. The van der Waals surface area contributed by atoms with Gasteiger partial charge in [0.2, 0.25) is 5.60 Å². The Morgan fingerprint density at radius 2 is 2.17 bits per heavy atom. The van der Waals surface area contributed by atoms with Crippen LogP contribution in [0.15, 0.2) is 18.2 Å². The van der Waals surface area contributed by atoms with Gasteiger partial charge in [-0.25, -0.2) is 4.79 Å². The largest absolute Gasteiger partial charge is 0.485 e. The monoisotopic (exact) mass is 323 g/mol. The third-order valence-corrected chi connectivity index (χ3v) is 3.77. The van der Waals surface area contributed by atoms with Crippen molar-refractivity contribution in [1.82, 2.24) is 5.32 Å². The average molecular weight is 323 g/mol. The van der Waals surface area contributed by atoms with Gasteiger partial charge < -0.3 is 24.6 Å². The zero-order valence-electron chi connectivity index (χ0n) is 14.1. The molecule has 3 atom stereocenters. The van der Waals surface area contributed by atoms with Gasteiger partial charge in [-0.2, -0.15) is 0 Å². The Labute approximate surface area is 136 Å². The Kier molecular flexibility index (Phi) is 5.49. The zero-order chi connectivity index (χ0) is 17.0. The number of fused-ring (bicyclic) bond motifs is 1. The van der Waals surface area contributed by atoms with Gasteiger partial charge in [0.25, 0.3) is 0 Å². The van der Waals surface area contributed by atoms with Gasteiger partial charge in [-0.15, -0.1) is 0 Å². The number of rotatable bonds is 6. The van der Waals surface area contributed by atoms with Gasteiger partial charge in [-0.3, -0.25) is 0 Å². The highest BCUT2D eigenvalue weighted by Crippen LogP contribution is 2.36. The van der Waals surface area contributed by atoms with Gasteiger partial charge in [0, 0.05) is 12.6 Å². The van der Waals surface area contributed by atoms with Crippen molar-refractivity contribution in [3.05, 3.63) is 23.8 Å². The second-order valence-corrected chi connectivity index (χ2v) is 6.26. The molecule has 2 N–H and O–H groups in total. The minimum atomic E-state index is -1.12. The van der Waals surface area contributed by atoms with E-state index in [1.165, 1.54) is 7.11 Å². The van der Waals surface area contributed by atoms with Crippen molar-refractivity contribution in [3.8, 4) is 11.5 Å². The van der Waals surface area contributed by atoms with Gasteiger partial charge in [-0.1, -0.05) is 6.07 Å². The number of ether oxygens (including phenoxy) is 3. The summed E-state index contributed by atoms with van der Waals surface area (Å²) in [5, 5.41) is 12.6. The SMILES string of the molecule is COC(=O)C1(C)COc2cc(CC(C)NCC(C)O)ccc2O1. The van der Waals surface area contributed by atoms with Crippen molar-refractivity contribution in [2.24, 2.45) is 0 Å². The topological polar surface area (TPSA) is 77.0 Å². The number of aliphatic hydroxyl groups is 1. The number of carbonyl (C=O) groups is 1. The standard InChI is InChI=1S/C17H25NO5/c1-11(18-9-12(2)19)7-13-5-6-14-15(8-13)22-10-17(3,23-14)16(20)21-4/h5-6,8,11-12,18-19H,7,9-10H2,1-4H3. The number of carbonyl (C=O) groups excluding carboxylic acids is 1. The predicted molar refractivity (Wildman–Crippen MR) is 85.8 cm³/mol. The molecule has 0 amide bonds. The fraction of sp³-hybridized carbons (Fsp3) is 0.588. The van der Waals surface area contributed by atoms with Crippen molar-refractivity contribution < 1.29 is 24.1 Å². The highest BCUT2D eigenvalue weighted by atomic mass is 16.6. The van der Waals surface area contributed by atoms with Gasteiger partial charge >= 0.3 is 5.97 Å². The smallest absolute Gasteiger partial charge is 0.353 e. The molecule has 0 saturated heterocycles. The minimum absolute atomic E-state index is 0.117. The van der Waals surface area contributed by atoms with Crippen molar-refractivity contribution in [2.45, 2.75) is 44.9 Å². The van der Waals surface area contributed by atoms with Crippen molar-refractivity contribution in [1.29, 1.82) is 0 Å². The fourth-order valence-corrected chi connectivity index (χ4v) is 2.48. The maximum atomic E-state index is 11.8. The van der Waals surface area contributed by atoms with Crippen LogP contribution in [0.25, 0.3) is 0 Å². The highest BCUT2D eigenvalue weighted by molar-refractivity contribution is 5.80.